The van der Waals surface area contributed by atoms with Crippen molar-refractivity contribution in [3.63, 3.8) is 0 Å². The lowest BCUT2D eigenvalue weighted by molar-refractivity contribution is -0.118. The summed E-state index contributed by atoms with van der Waals surface area (Å²) in [5.74, 6) is 0.661. The molecule has 0 bridgehead atoms. The number of carbonyl (C=O) groups is 1. The maximum atomic E-state index is 12.8. The molecule has 0 radical (unpaired) electrons. The van der Waals surface area contributed by atoms with Crippen molar-refractivity contribution in [1.29, 1.82) is 5.26 Å². The Labute approximate surface area is 226 Å². The number of carbonyl (C=O) groups excluding carboxylic acids is 1. The molecule has 7 nitrogen and oxygen atoms in total. The number of amides is 1. The first-order valence-corrected chi connectivity index (χ1v) is 13.0. The molecule has 1 saturated heterocycles. The summed E-state index contributed by atoms with van der Waals surface area (Å²) in [6.07, 6.45) is 2.66. The first kappa shape index (κ1) is 30.6. The van der Waals surface area contributed by atoms with E-state index in [9.17, 15) is 10.1 Å². The number of benzene rings is 1. The molecule has 204 valence electrons. The molecule has 0 unspecified atom stereocenters. The van der Waals surface area contributed by atoms with Gasteiger partial charge in [0.25, 0.3) is 5.91 Å². The Morgan fingerprint density at radius 1 is 1.24 bits per heavy atom. The quantitative estimate of drug-likeness (QED) is 0.394. The van der Waals surface area contributed by atoms with E-state index in [-0.39, 0.29) is 5.57 Å². The van der Waals surface area contributed by atoms with Gasteiger partial charge in [-0.05, 0) is 61.9 Å². The topological polar surface area (TPSA) is 87.7 Å². The SMILES string of the molecule is C=C(/C=c1/ccc(-c2ccc(/C(C)=C(\C#N)C(=O)NC(C)(C)CCOC)o2)cc1=C)N1CCOCC1.CC. The van der Waals surface area contributed by atoms with E-state index < -0.39 is 11.4 Å². The van der Waals surface area contributed by atoms with Crippen molar-refractivity contribution in [2.24, 2.45) is 0 Å². The highest BCUT2D eigenvalue weighted by atomic mass is 16.5. The number of furan rings is 1. The van der Waals surface area contributed by atoms with Crippen LogP contribution in [0.2, 0.25) is 0 Å². The van der Waals surface area contributed by atoms with E-state index in [1.54, 1.807) is 20.1 Å². The van der Waals surface area contributed by atoms with Crippen molar-refractivity contribution < 1.29 is 18.7 Å². The van der Waals surface area contributed by atoms with E-state index >= 15 is 0 Å². The fourth-order valence-electron chi connectivity index (χ4n) is 3.93. The fraction of sp³-hybridized carbons (Fsp3) is 0.419. The molecular formula is C31H41N3O4. The second-order valence-corrected chi connectivity index (χ2v) is 9.51. The smallest absolute Gasteiger partial charge is 0.262 e. The molecule has 1 aromatic heterocycles. The van der Waals surface area contributed by atoms with Gasteiger partial charge in [-0.3, -0.25) is 4.79 Å². The van der Waals surface area contributed by atoms with E-state index in [4.69, 9.17) is 13.9 Å². The molecule has 38 heavy (non-hydrogen) atoms. The number of nitrogens with zero attached hydrogens (tertiary/aromatic N) is 2. The van der Waals surface area contributed by atoms with E-state index in [2.05, 4.69) is 23.4 Å². The van der Waals surface area contributed by atoms with Crippen LogP contribution < -0.4 is 15.8 Å². The summed E-state index contributed by atoms with van der Waals surface area (Å²) in [4.78, 5) is 15.0. The number of nitrogens with one attached hydrogen (secondary N) is 1. The molecule has 7 heteroatoms. The molecule has 0 saturated carbocycles. The Morgan fingerprint density at radius 2 is 1.92 bits per heavy atom. The molecule has 1 aliphatic rings. The van der Waals surface area contributed by atoms with Crippen LogP contribution in [0, 0.1) is 11.3 Å². The van der Waals surface area contributed by atoms with E-state index in [0.717, 1.165) is 34.8 Å². The average Bonchev–Trinajstić information content (AvgIpc) is 3.41. The van der Waals surface area contributed by atoms with E-state index in [1.165, 1.54) is 0 Å². The van der Waals surface area contributed by atoms with Gasteiger partial charge in [0, 0.05) is 49.2 Å². The Hall–Kier alpha value is -3.60. The summed E-state index contributed by atoms with van der Waals surface area (Å²) < 4.78 is 16.6. The zero-order valence-corrected chi connectivity index (χ0v) is 23.6. The third-order valence-electron chi connectivity index (χ3n) is 6.24. The second kappa shape index (κ2) is 14.4. The van der Waals surface area contributed by atoms with Crippen molar-refractivity contribution in [2.75, 3.05) is 40.0 Å². The number of rotatable bonds is 9. The normalized spacial score (nSPS) is 14.7. The van der Waals surface area contributed by atoms with Gasteiger partial charge < -0.3 is 24.1 Å². The predicted octanol–water partition coefficient (Wildman–Crippen LogP) is 4.24. The minimum atomic E-state index is -0.514. The summed E-state index contributed by atoms with van der Waals surface area (Å²) in [6.45, 7) is 21.5. The summed E-state index contributed by atoms with van der Waals surface area (Å²) in [7, 11) is 1.61. The van der Waals surface area contributed by atoms with Gasteiger partial charge in [0.2, 0.25) is 0 Å². The molecule has 0 atom stereocenters. The van der Waals surface area contributed by atoms with Gasteiger partial charge in [-0.1, -0.05) is 39.1 Å². The summed E-state index contributed by atoms with van der Waals surface area (Å²) >= 11 is 0. The number of ether oxygens (including phenoxy) is 2. The maximum absolute atomic E-state index is 12.8. The molecule has 3 rings (SSSR count). The highest BCUT2D eigenvalue weighted by Crippen LogP contribution is 2.27. The van der Waals surface area contributed by atoms with Crippen molar-refractivity contribution in [2.45, 2.75) is 46.6 Å². The minimum Gasteiger partial charge on any atom is -0.456 e. The number of nitriles is 1. The molecule has 1 fully saturated rings. The third kappa shape index (κ3) is 8.20. The van der Waals surface area contributed by atoms with E-state index in [1.807, 2.05) is 64.1 Å². The number of methoxy groups -OCH3 is 1. The third-order valence-corrected chi connectivity index (χ3v) is 6.24. The van der Waals surface area contributed by atoms with Gasteiger partial charge >= 0.3 is 0 Å². The zero-order chi connectivity index (χ0) is 28.3. The second-order valence-electron chi connectivity index (χ2n) is 9.51. The van der Waals surface area contributed by atoms with Gasteiger partial charge in [-0.25, -0.2) is 0 Å². The van der Waals surface area contributed by atoms with Crippen LogP contribution >= 0.6 is 0 Å². The van der Waals surface area contributed by atoms with Crippen molar-refractivity contribution in [1.82, 2.24) is 10.2 Å². The highest BCUT2D eigenvalue weighted by molar-refractivity contribution is 6.04. The summed E-state index contributed by atoms with van der Waals surface area (Å²) in [5.41, 5.74) is 1.78. The number of hydrogen-bond acceptors (Lipinski definition) is 6. The minimum absolute atomic E-state index is 0.0193. The Bertz CT molecular complexity index is 1290. The van der Waals surface area contributed by atoms with Crippen LogP contribution in [0.3, 0.4) is 0 Å². The van der Waals surface area contributed by atoms with Crippen LogP contribution in [-0.2, 0) is 14.3 Å². The van der Waals surface area contributed by atoms with Crippen LogP contribution in [0.25, 0.3) is 29.6 Å². The monoisotopic (exact) mass is 519 g/mol. The van der Waals surface area contributed by atoms with Gasteiger partial charge in [-0.2, -0.15) is 5.26 Å². The van der Waals surface area contributed by atoms with Crippen LogP contribution in [0.15, 0.2) is 52.6 Å². The largest absolute Gasteiger partial charge is 0.456 e. The highest BCUT2D eigenvalue weighted by Gasteiger charge is 2.24. The van der Waals surface area contributed by atoms with Gasteiger partial charge in [0.05, 0.1) is 13.2 Å². The van der Waals surface area contributed by atoms with Crippen LogP contribution in [0.5, 0.6) is 0 Å². The van der Waals surface area contributed by atoms with Crippen molar-refractivity contribution in [3.8, 4) is 17.4 Å². The molecule has 1 aliphatic heterocycles. The van der Waals surface area contributed by atoms with Crippen LogP contribution in [0.1, 0.15) is 46.8 Å². The molecular weight excluding hydrogens is 478 g/mol. The van der Waals surface area contributed by atoms with Crippen molar-refractivity contribution in [3.05, 3.63) is 64.4 Å². The fourth-order valence-corrected chi connectivity index (χ4v) is 3.93. The molecule has 2 aromatic rings. The molecule has 1 amide bonds. The Balaban J connectivity index is 0.00000247. The lowest BCUT2D eigenvalue weighted by Crippen LogP contribution is -2.44. The first-order chi connectivity index (χ1) is 18.1. The maximum Gasteiger partial charge on any atom is 0.262 e. The lowest BCUT2D eigenvalue weighted by atomic mass is 9.99. The molecule has 1 N–H and O–H groups in total. The first-order valence-electron chi connectivity index (χ1n) is 13.0. The molecule has 2 heterocycles. The number of morpholine rings is 1. The van der Waals surface area contributed by atoms with Crippen LogP contribution in [0.4, 0.5) is 0 Å². The Morgan fingerprint density at radius 3 is 2.53 bits per heavy atom. The van der Waals surface area contributed by atoms with Crippen LogP contribution in [-0.4, -0.2) is 56.4 Å². The summed E-state index contributed by atoms with van der Waals surface area (Å²) in [5, 5.41) is 14.4. The zero-order valence-electron chi connectivity index (χ0n) is 23.6. The molecule has 1 aromatic carbocycles. The van der Waals surface area contributed by atoms with Gasteiger partial charge in [0.1, 0.15) is 23.2 Å². The standard InChI is InChI=1S/C29H35N3O4.C2H6/c1-20-17-24(8-7-23(20)18-21(2)32-12-15-35-16-13-32)27-10-9-26(36-27)22(3)25(19-30)28(33)31-29(4,5)11-14-34-6;1-2/h7-10,17-18H,1-2,11-16H2,3-6H3,(H,31,33);1-2H3/b23-18-,25-22+;. The molecule has 0 spiro atoms. The van der Waals surface area contributed by atoms with Crippen molar-refractivity contribution >= 4 is 24.1 Å². The van der Waals surface area contributed by atoms with Gasteiger partial charge in [-0.15, -0.1) is 0 Å². The average molecular weight is 520 g/mol. The van der Waals surface area contributed by atoms with Gasteiger partial charge in [0.15, 0.2) is 0 Å². The van der Waals surface area contributed by atoms with E-state index in [0.29, 0.717) is 43.3 Å². The lowest BCUT2D eigenvalue weighted by Gasteiger charge is -2.29. The number of hydrogen-bond donors (Lipinski definition) is 1. The molecule has 0 aliphatic carbocycles. The predicted molar refractivity (Wildman–Crippen MR) is 153 cm³/mol. The number of allylic oxidation sites excluding steroid dienone is 2. The summed E-state index contributed by atoms with van der Waals surface area (Å²) in [6, 6.07) is 11.5. The Kier molecular flexibility index (Phi) is 11.6.